The number of aromatic nitrogens is 3. The molecule has 1 saturated heterocycles. The summed E-state index contributed by atoms with van der Waals surface area (Å²) in [6.45, 7) is 8.37. The fourth-order valence-electron chi connectivity index (χ4n) is 5.72. The van der Waals surface area contributed by atoms with Crippen LogP contribution in [0.15, 0.2) is 67.4 Å². The van der Waals surface area contributed by atoms with E-state index in [0.717, 1.165) is 47.0 Å². The molecular formula is C34H43N5O4. The number of imidazole rings is 1. The van der Waals surface area contributed by atoms with Gasteiger partial charge in [0.25, 0.3) is 5.91 Å². The van der Waals surface area contributed by atoms with Crippen molar-refractivity contribution >= 4 is 22.8 Å². The van der Waals surface area contributed by atoms with Crippen LogP contribution in [0.4, 0.5) is 4.79 Å². The lowest BCUT2D eigenvalue weighted by atomic mass is 9.97. The monoisotopic (exact) mass is 585 g/mol. The third-order valence-electron chi connectivity index (χ3n) is 8.18. The van der Waals surface area contributed by atoms with E-state index >= 15 is 0 Å². The number of ether oxygens (including phenoxy) is 2. The third kappa shape index (κ3) is 7.28. The number of likely N-dealkylation sites (tertiary alicyclic amines) is 1. The Morgan fingerprint density at radius 3 is 2.58 bits per heavy atom. The number of hydrogen-bond donors (Lipinski definition) is 0. The van der Waals surface area contributed by atoms with E-state index in [1.165, 1.54) is 0 Å². The Hall–Kier alpha value is -4.11. The summed E-state index contributed by atoms with van der Waals surface area (Å²) >= 11 is 0. The van der Waals surface area contributed by atoms with E-state index in [4.69, 9.17) is 9.47 Å². The molecule has 2 aromatic carbocycles. The summed E-state index contributed by atoms with van der Waals surface area (Å²) in [7, 11) is 3.46. The van der Waals surface area contributed by atoms with Gasteiger partial charge in [0.05, 0.1) is 37.3 Å². The highest BCUT2D eigenvalue weighted by Gasteiger charge is 2.25. The summed E-state index contributed by atoms with van der Waals surface area (Å²) in [6, 6.07) is 14.5. The molecule has 3 heterocycles. The molecule has 1 aliphatic rings. The minimum absolute atomic E-state index is 0.0362. The van der Waals surface area contributed by atoms with Crippen molar-refractivity contribution in [3.8, 4) is 11.1 Å². The van der Waals surface area contributed by atoms with Gasteiger partial charge in [0.1, 0.15) is 0 Å². The first kappa shape index (κ1) is 30.4. The number of likely N-dealkylation sites (N-methyl/N-ethyl adjacent to an activating group) is 1. The number of piperidine rings is 1. The van der Waals surface area contributed by atoms with Gasteiger partial charge in [0, 0.05) is 64.5 Å². The van der Waals surface area contributed by atoms with Crippen LogP contribution in [-0.4, -0.2) is 82.9 Å². The quantitative estimate of drug-likeness (QED) is 0.223. The molecule has 228 valence electrons. The Kier molecular flexibility index (Phi) is 9.82. The zero-order chi connectivity index (χ0) is 30.3. The number of amides is 2. The van der Waals surface area contributed by atoms with Gasteiger partial charge in [-0.3, -0.25) is 4.79 Å². The number of fused-ring (bicyclic) bond motifs is 1. The van der Waals surface area contributed by atoms with Crippen LogP contribution in [0.25, 0.3) is 21.9 Å². The maximum absolute atomic E-state index is 13.7. The Balaban J connectivity index is 1.34. The van der Waals surface area contributed by atoms with Gasteiger partial charge in [-0.15, -0.1) is 0 Å². The minimum Gasteiger partial charge on any atom is -0.449 e. The molecule has 0 radical (unpaired) electrons. The van der Waals surface area contributed by atoms with E-state index in [-0.39, 0.29) is 12.0 Å². The highest BCUT2D eigenvalue weighted by Crippen LogP contribution is 2.33. The summed E-state index contributed by atoms with van der Waals surface area (Å²) in [6.07, 6.45) is 9.48. The first-order chi connectivity index (χ1) is 20.8. The molecule has 9 heteroatoms. The van der Waals surface area contributed by atoms with Gasteiger partial charge in [0.2, 0.25) is 0 Å². The second kappa shape index (κ2) is 13.9. The van der Waals surface area contributed by atoms with E-state index in [1.54, 1.807) is 12.0 Å². The van der Waals surface area contributed by atoms with E-state index in [0.29, 0.717) is 56.8 Å². The molecule has 0 N–H and O–H groups in total. The van der Waals surface area contributed by atoms with Gasteiger partial charge in [-0.1, -0.05) is 56.3 Å². The van der Waals surface area contributed by atoms with Gasteiger partial charge < -0.3 is 28.4 Å². The van der Waals surface area contributed by atoms with Crippen LogP contribution in [0.5, 0.6) is 0 Å². The van der Waals surface area contributed by atoms with Crippen LogP contribution in [-0.2, 0) is 22.6 Å². The number of carbonyl (C=O) groups is 2. The fraction of sp³-hybridized carbons (Fsp3) is 0.441. The topological polar surface area (TPSA) is 81.8 Å². The van der Waals surface area contributed by atoms with Crippen LogP contribution in [0, 0.1) is 11.8 Å². The largest absolute Gasteiger partial charge is 0.449 e. The van der Waals surface area contributed by atoms with Crippen LogP contribution >= 0.6 is 0 Å². The molecular weight excluding hydrogens is 542 g/mol. The molecule has 0 saturated carbocycles. The summed E-state index contributed by atoms with van der Waals surface area (Å²) in [5, 5.41) is 2.25. The number of methoxy groups -OCH3 is 1. The molecule has 1 fully saturated rings. The maximum atomic E-state index is 13.7. The average molecular weight is 586 g/mol. The molecule has 1 aliphatic heterocycles. The normalized spacial score (nSPS) is 14.0. The minimum atomic E-state index is -0.205. The Morgan fingerprint density at radius 2 is 1.81 bits per heavy atom. The number of hydrogen-bond acceptors (Lipinski definition) is 5. The zero-order valence-corrected chi connectivity index (χ0v) is 25.7. The Morgan fingerprint density at radius 1 is 1.05 bits per heavy atom. The van der Waals surface area contributed by atoms with Gasteiger partial charge in [-0.05, 0) is 41.0 Å². The van der Waals surface area contributed by atoms with E-state index in [1.807, 2.05) is 62.7 Å². The van der Waals surface area contributed by atoms with Crippen molar-refractivity contribution in [2.75, 3.05) is 47.0 Å². The van der Waals surface area contributed by atoms with Crippen molar-refractivity contribution < 1.29 is 19.1 Å². The molecule has 5 rings (SSSR count). The lowest BCUT2D eigenvalue weighted by molar-refractivity contribution is 0.0744. The summed E-state index contributed by atoms with van der Waals surface area (Å²) < 4.78 is 14.9. The number of rotatable bonds is 11. The first-order valence-electron chi connectivity index (χ1n) is 15.2. The lowest BCUT2D eigenvalue weighted by Gasteiger charge is -2.31. The van der Waals surface area contributed by atoms with E-state index in [2.05, 4.69) is 44.6 Å². The van der Waals surface area contributed by atoms with Gasteiger partial charge in [-0.2, -0.15) is 0 Å². The average Bonchev–Trinajstić information content (AvgIpc) is 3.65. The molecule has 2 aromatic heterocycles. The van der Waals surface area contributed by atoms with Crippen molar-refractivity contribution in [3.63, 3.8) is 0 Å². The van der Waals surface area contributed by atoms with Gasteiger partial charge in [0.15, 0.2) is 0 Å². The van der Waals surface area contributed by atoms with Crippen molar-refractivity contribution in [2.24, 2.45) is 11.8 Å². The predicted molar refractivity (Wildman–Crippen MR) is 168 cm³/mol. The Labute approximate surface area is 254 Å². The predicted octanol–water partition coefficient (Wildman–Crippen LogP) is 5.78. The molecule has 0 spiro atoms. The smallest absolute Gasteiger partial charge is 0.409 e. The van der Waals surface area contributed by atoms with Crippen LogP contribution in [0.3, 0.4) is 0 Å². The van der Waals surface area contributed by atoms with Gasteiger partial charge in [-0.25, -0.2) is 9.78 Å². The number of carbonyl (C=O) groups excluding carboxylic acids is 2. The summed E-state index contributed by atoms with van der Waals surface area (Å²) in [5.74, 6) is 0.742. The second-order valence-electron chi connectivity index (χ2n) is 11.9. The molecule has 0 aliphatic carbocycles. The van der Waals surface area contributed by atoms with Crippen LogP contribution in [0.2, 0.25) is 0 Å². The standard InChI is InChI=1S/C34H43N5O4/c1-25(2)23-43-34(41)38-14-12-26(13-15-38)19-39-24-35-18-28(39)20-37-21-31(32(22-37)33(40)36(3)16-17-42-4)30-11-7-9-27-8-5-6-10-29(27)30/h5-11,18,21-22,24-26H,12-17,19-20,23H2,1-4H3. The fourth-order valence-corrected chi connectivity index (χ4v) is 5.72. The highest BCUT2D eigenvalue weighted by molar-refractivity contribution is 6.05. The number of nitrogens with zero attached hydrogens (tertiary/aromatic N) is 5. The molecule has 2 amide bonds. The van der Waals surface area contributed by atoms with E-state index in [9.17, 15) is 9.59 Å². The van der Waals surface area contributed by atoms with Gasteiger partial charge >= 0.3 is 6.09 Å². The van der Waals surface area contributed by atoms with Crippen LogP contribution in [0.1, 0.15) is 42.7 Å². The molecule has 43 heavy (non-hydrogen) atoms. The maximum Gasteiger partial charge on any atom is 0.409 e. The first-order valence-corrected chi connectivity index (χ1v) is 15.2. The second-order valence-corrected chi connectivity index (χ2v) is 11.9. The SMILES string of the molecule is COCCN(C)C(=O)c1cn(Cc2cncn2CC2CCN(C(=O)OCC(C)C)CC2)cc1-c1cccc2ccccc12. The van der Waals surface area contributed by atoms with E-state index < -0.39 is 0 Å². The summed E-state index contributed by atoms with van der Waals surface area (Å²) in [5.41, 5.74) is 3.68. The zero-order valence-electron chi connectivity index (χ0n) is 25.7. The third-order valence-corrected chi connectivity index (χ3v) is 8.18. The number of benzene rings is 2. The highest BCUT2D eigenvalue weighted by atomic mass is 16.6. The molecule has 0 bridgehead atoms. The summed E-state index contributed by atoms with van der Waals surface area (Å²) in [4.78, 5) is 34.1. The van der Waals surface area contributed by atoms with Crippen molar-refractivity contribution in [1.82, 2.24) is 23.9 Å². The van der Waals surface area contributed by atoms with Crippen molar-refractivity contribution in [1.29, 1.82) is 0 Å². The molecule has 0 unspecified atom stereocenters. The molecule has 9 nitrogen and oxygen atoms in total. The van der Waals surface area contributed by atoms with Crippen LogP contribution < -0.4 is 0 Å². The Bertz CT molecular complexity index is 1530. The van der Waals surface area contributed by atoms with Crippen molar-refractivity contribution in [2.45, 2.75) is 39.8 Å². The lowest BCUT2D eigenvalue weighted by Crippen LogP contribution is -2.40. The van der Waals surface area contributed by atoms with Crippen molar-refractivity contribution in [3.05, 3.63) is 78.6 Å². The molecule has 0 atom stereocenters. The molecule has 4 aromatic rings.